The van der Waals surface area contributed by atoms with Crippen LogP contribution >= 0.6 is 0 Å². The van der Waals surface area contributed by atoms with Crippen molar-refractivity contribution in [3.8, 4) is 0 Å². The molecule has 27 heavy (non-hydrogen) atoms. The Morgan fingerprint density at radius 3 is 2.48 bits per heavy atom. The number of piperazine rings is 1. The Kier molecular flexibility index (Phi) is 5.76. The molecule has 1 amide bonds. The second kappa shape index (κ2) is 8.25. The summed E-state index contributed by atoms with van der Waals surface area (Å²) < 4.78 is 0. The number of hydrogen-bond donors (Lipinski definition) is 1. The minimum atomic E-state index is -0.249. The Hall–Kier alpha value is -1.50. The number of carbonyl (C=O) groups is 1. The number of aryl methyl sites for hydroxylation is 1. The molecule has 2 saturated heterocycles. The van der Waals surface area contributed by atoms with Crippen molar-refractivity contribution in [2.24, 2.45) is 11.8 Å². The van der Waals surface area contributed by atoms with Crippen molar-refractivity contribution >= 4 is 5.91 Å². The van der Waals surface area contributed by atoms with Gasteiger partial charge in [-0.05, 0) is 55.8 Å². The molecule has 0 spiro atoms. The van der Waals surface area contributed by atoms with E-state index in [1.54, 1.807) is 12.4 Å². The molecular weight excluding hydrogens is 340 g/mol. The number of fused-ring (bicyclic) bond motifs is 1. The van der Waals surface area contributed by atoms with E-state index in [4.69, 9.17) is 0 Å². The number of likely N-dealkylation sites (N-methyl/N-ethyl adjacent to an activating group) is 1. The van der Waals surface area contributed by atoms with Gasteiger partial charge in [-0.15, -0.1) is 0 Å². The number of rotatable bonds is 4. The summed E-state index contributed by atoms with van der Waals surface area (Å²) in [4.78, 5) is 23.6. The van der Waals surface area contributed by atoms with Gasteiger partial charge in [0.25, 0.3) is 0 Å². The fourth-order valence-corrected chi connectivity index (χ4v) is 5.12. The maximum Gasteiger partial charge on any atom is 0.222 e. The summed E-state index contributed by atoms with van der Waals surface area (Å²) in [7, 11) is 2.16. The molecule has 4 rings (SSSR count). The first-order valence-electron chi connectivity index (χ1n) is 10.4. The predicted molar refractivity (Wildman–Crippen MR) is 104 cm³/mol. The molecule has 3 fully saturated rings. The fraction of sp³-hybridized carbons (Fsp3) is 0.714. The third-order valence-electron chi connectivity index (χ3n) is 6.85. The SMILES string of the molecule is CN1CCN([C@@H]2C[C@@H]3CN(C(=O)CCc4ccncc4)C[C@@H]3C[C@H]2O)CC1. The molecule has 6 heteroatoms. The van der Waals surface area contributed by atoms with Crippen LogP contribution < -0.4 is 0 Å². The standard InChI is InChI=1S/C21H32N4O2/c1-23-8-10-24(11-9-23)19-12-17-14-25(15-18(17)13-20(19)26)21(27)3-2-16-4-6-22-7-5-16/h4-7,17-20,26H,2-3,8-15H2,1H3/t17-,18+,19-,20-/m1/s1. The summed E-state index contributed by atoms with van der Waals surface area (Å²) in [6, 6.07) is 4.23. The van der Waals surface area contributed by atoms with Crippen molar-refractivity contribution in [3.05, 3.63) is 30.1 Å². The van der Waals surface area contributed by atoms with Crippen LogP contribution in [0.4, 0.5) is 0 Å². The number of aromatic nitrogens is 1. The monoisotopic (exact) mass is 372 g/mol. The first-order valence-corrected chi connectivity index (χ1v) is 10.4. The van der Waals surface area contributed by atoms with Crippen LogP contribution in [-0.2, 0) is 11.2 Å². The van der Waals surface area contributed by atoms with Crippen LogP contribution in [0, 0.1) is 11.8 Å². The van der Waals surface area contributed by atoms with E-state index < -0.39 is 0 Å². The molecule has 1 aromatic rings. The third-order valence-corrected chi connectivity index (χ3v) is 6.85. The number of likely N-dealkylation sites (tertiary alicyclic amines) is 1. The van der Waals surface area contributed by atoms with E-state index in [0.29, 0.717) is 18.3 Å². The van der Waals surface area contributed by atoms with Gasteiger partial charge in [-0.3, -0.25) is 14.7 Å². The molecule has 0 bridgehead atoms. The molecule has 3 aliphatic rings. The minimum Gasteiger partial charge on any atom is -0.391 e. The van der Waals surface area contributed by atoms with Gasteiger partial charge in [-0.2, -0.15) is 0 Å². The Labute approximate surface area is 162 Å². The molecule has 1 aliphatic carbocycles. The molecule has 1 N–H and O–H groups in total. The lowest BCUT2D eigenvalue weighted by molar-refractivity contribution is -0.130. The maximum atomic E-state index is 12.7. The van der Waals surface area contributed by atoms with Crippen LogP contribution in [0.3, 0.4) is 0 Å². The van der Waals surface area contributed by atoms with Crippen molar-refractivity contribution in [1.82, 2.24) is 19.7 Å². The van der Waals surface area contributed by atoms with E-state index >= 15 is 0 Å². The number of amides is 1. The van der Waals surface area contributed by atoms with E-state index in [0.717, 1.165) is 58.5 Å². The topological polar surface area (TPSA) is 59.9 Å². The van der Waals surface area contributed by atoms with E-state index in [1.165, 1.54) is 5.56 Å². The first kappa shape index (κ1) is 18.8. The molecule has 1 aromatic heterocycles. The third kappa shape index (κ3) is 4.33. The van der Waals surface area contributed by atoms with Gasteiger partial charge in [0.1, 0.15) is 0 Å². The average molecular weight is 373 g/mol. The van der Waals surface area contributed by atoms with Gasteiger partial charge in [0.05, 0.1) is 6.10 Å². The predicted octanol–water partition coefficient (Wildman–Crippen LogP) is 0.859. The molecule has 0 unspecified atom stereocenters. The van der Waals surface area contributed by atoms with Crippen molar-refractivity contribution in [2.75, 3.05) is 46.3 Å². The van der Waals surface area contributed by atoms with Gasteiger partial charge in [-0.1, -0.05) is 0 Å². The summed E-state index contributed by atoms with van der Waals surface area (Å²) in [5, 5.41) is 10.7. The smallest absolute Gasteiger partial charge is 0.222 e. The number of carbonyl (C=O) groups excluding carboxylic acids is 1. The largest absolute Gasteiger partial charge is 0.391 e. The van der Waals surface area contributed by atoms with Crippen molar-refractivity contribution < 1.29 is 9.90 Å². The Morgan fingerprint density at radius 2 is 1.78 bits per heavy atom. The van der Waals surface area contributed by atoms with Gasteiger partial charge in [0.2, 0.25) is 5.91 Å². The summed E-state index contributed by atoms with van der Waals surface area (Å²) in [6.45, 7) is 5.95. The van der Waals surface area contributed by atoms with E-state index in [1.807, 2.05) is 12.1 Å². The van der Waals surface area contributed by atoms with Crippen molar-refractivity contribution in [1.29, 1.82) is 0 Å². The average Bonchev–Trinajstić information content (AvgIpc) is 3.10. The Balaban J connectivity index is 1.31. The van der Waals surface area contributed by atoms with Crippen molar-refractivity contribution in [3.63, 3.8) is 0 Å². The van der Waals surface area contributed by atoms with Gasteiger partial charge in [-0.25, -0.2) is 0 Å². The summed E-state index contributed by atoms with van der Waals surface area (Å²) in [5.74, 6) is 1.27. The summed E-state index contributed by atoms with van der Waals surface area (Å²) in [6.07, 6.45) is 6.53. The number of aliphatic hydroxyl groups excluding tert-OH is 1. The molecular formula is C21H32N4O2. The Morgan fingerprint density at radius 1 is 1.11 bits per heavy atom. The maximum absolute atomic E-state index is 12.7. The van der Waals surface area contributed by atoms with E-state index in [-0.39, 0.29) is 18.1 Å². The van der Waals surface area contributed by atoms with E-state index in [2.05, 4.69) is 26.7 Å². The highest BCUT2D eigenvalue weighted by Crippen LogP contribution is 2.38. The quantitative estimate of drug-likeness (QED) is 0.850. The highest BCUT2D eigenvalue weighted by atomic mass is 16.3. The molecule has 4 atom stereocenters. The zero-order valence-electron chi connectivity index (χ0n) is 16.3. The van der Waals surface area contributed by atoms with Crippen LogP contribution in [0.2, 0.25) is 0 Å². The summed E-state index contributed by atoms with van der Waals surface area (Å²) in [5.41, 5.74) is 1.17. The number of pyridine rings is 1. The van der Waals surface area contributed by atoms with Crippen LogP contribution in [0.25, 0.3) is 0 Å². The molecule has 148 valence electrons. The lowest BCUT2D eigenvalue weighted by Crippen LogP contribution is -2.55. The highest BCUT2D eigenvalue weighted by Gasteiger charge is 2.44. The molecule has 6 nitrogen and oxygen atoms in total. The van der Waals surface area contributed by atoms with Crippen molar-refractivity contribution in [2.45, 2.75) is 37.8 Å². The zero-order valence-corrected chi connectivity index (χ0v) is 16.3. The van der Waals surface area contributed by atoms with Gasteiger partial charge >= 0.3 is 0 Å². The number of hydrogen-bond acceptors (Lipinski definition) is 5. The fourth-order valence-electron chi connectivity index (χ4n) is 5.12. The molecule has 2 aliphatic heterocycles. The molecule has 0 radical (unpaired) electrons. The second-order valence-corrected chi connectivity index (χ2v) is 8.62. The Bertz CT molecular complexity index is 632. The number of aliphatic hydroxyl groups is 1. The normalized spacial score (nSPS) is 32.4. The molecule has 3 heterocycles. The van der Waals surface area contributed by atoms with Gasteiger partial charge in [0, 0.05) is 64.1 Å². The zero-order chi connectivity index (χ0) is 18.8. The lowest BCUT2D eigenvalue weighted by Gasteiger charge is -2.44. The van der Waals surface area contributed by atoms with Crippen LogP contribution in [0.15, 0.2) is 24.5 Å². The van der Waals surface area contributed by atoms with Crippen LogP contribution in [0.1, 0.15) is 24.8 Å². The lowest BCUT2D eigenvalue weighted by atomic mass is 9.77. The summed E-state index contributed by atoms with van der Waals surface area (Å²) >= 11 is 0. The van der Waals surface area contributed by atoms with Crippen LogP contribution in [0.5, 0.6) is 0 Å². The molecule has 1 saturated carbocycles. The molecule has 0 aromatic carbocycles. The van der Waals surface area contributed by atoms with Gasteiger partial charge in [0.15, 0.2) is 0 Å². The second-order valence-electron chi connectivity index (χ2n) is 8.62. The van der Waals surface area contributed by atoms with Gasteiger partial charge < -0.3 is 14.9 Å². The highest BCUT2D eigenvalue weighted by molar-refractivity contribution is 5.76. The van der Waals surface area contributed by atoms with E-state index in [9.17, 15) is 9.90 Å². The minimum absolute atomic E-state index is 0.249. The number of nitrogens with zero attached hydrogens (tertiary/aromatic N) is 4. The first-order chi connectivity index (χ1) is 13.1. The van der Waals surface area contributed by atoms with Crippen LogP contribution in [-0.4, -0.2) is 89.2 Å².